The Morgan fingerprint density at radius 2 is 2.17 bits per heavy atom. The zero-order valence-electron chi connectivity index (χ0n) is 12.2. The lowest BCUT2D eigenvalue weighted by Crippen LogP contribution is -2.49. The number of anilines is 1. The number of fused-ring (bicyclic) bond motifs is 1. The van der Waals surface area contributed by atoms with E-state index in [2.05, 4.69) is 5.32 Å². The molecule has 2 amide bonds. The molecule has 0 unspecified atom stereocenters. The van der Waals surface area contributed by atoms with Crippen LogP contribution in [-0.2, 0) is 19.1 Å². The van der Waals surface area contributed by atoms with Gasteiger partial charge in [-0.25, -0.2) is 4.79 Å². The van der Waals surface area contributed by atoms with Gasteiger partial charge >= 0.3 is 5.97 Å². The lowest BCUT2D eigenvalue weighted by Gasteiger charge is -2.32. The minimum atomic E-state index is -1.08. The first-order chi connectivity index (χ1) is 11.0. The summed E-state index contributed by atoms with van der Waals surface area (Å²) in [5.41, 5.74) is 0.753. The molecule has 0 aromatic heterocycles. The number of carboxylic acid groups (broad SMARTS) is 1. The van der Waals surface area contributed by atoms with Gasteiger partial charge in [-0.2, -0.15) is 0 Å². The topological polar surface area (TPSA) is 95.9 Å². The van der Waals surface area contributed by atoms with Crippen LogP contribution in [0.1, 0.15) is 6.42 Å². The van der Waals surface area contributed by atoms with Gasteiger partial charge in [0, 0.05) is 17.9 Å². The van der Waals surface area contributed by atoms with Gasteiger partial charge in [-0.3, -0.25) is 9.59 Å². The van der Waals surface area contributed by atoms with Gasteiger partial charge in [0.15, 0.2) is 6.10 Å². The van der Waals surface area contributed by atoms with E-state index in [4.69, 9.17) is 9.84 Å². The van der Waals surface area contributed by atoms with Gasteiger partial charge in [0.25, 0.3) is 0 Å². The van der Waals surface area contributed by atoms with Crippen LogP contribution in [0.2, 0.25) is 0 Å². The molecule has 2 aliphatic rings. The van der Waals surface area contributed by atoms with E-state index in [0.717, 1.165) is 10.6 Å². The Hall–Kier alpha value is -2.06. The maximum Gasteiger partial charge on any atom is 0.334 e. The van der Waals surface area contributed by atoms with Crippen molar-refractivity contribution in [1.82, 2.24) is 4.90 Å². The van der Waals surface area contributed by atoms with E-state index in [-0.39, 0.29) is 31.4 Å². The van der Waals surface area contributed by atoms with Crippen LogP contribution in [-0.4, -0.2) is 58.8 Å². The number of para-hydroxylation sites is 1. The average molecular weight is 336 g/mol. The van der Waals surface area contributed by atoms with Crippen LogP contribution in [0, 0.1) is 0 Å². The van der Waals surface area contributed by atoms with E-state index in [1.165, 1.54) is 16.7 Å². The van der Waals surface area contributed by atoms with E-state index < -0.39 is 17.3 Å². The van der Waals surface area contributed by atoms with Gasteiger partial charge in [0.2, 0.25) is 11.8 Å². The van der Waals surface area contributed by atoms with Crippen LogP contribution in [0.25, 0.3) is 0 Å². The lowest BCUT2D eigenvalue weighted by atomic mass is 10.2. The highest BCUT2D eigenvalue weighted by Gasteiger charge is 2.33. The Morgan fingerprint density at radius 1 is 1.39 bits per heavy atom. The summed E-state index contributed by atoms with van der Waals surface area (Å²) in [6.45, 7) is 0.553. The van der Waals surface area contributed by atoms with Crippen molar-refractivity contribution < 1.29 is 24.2 Å². The van der Waals surface area contributed by atoms with E-state index in [0.29, 0.717) is 6.54 Å². The highest BCUT2D eigenvalue weighted by Crippen LogP contribution is 2.36. The number of carbonyl (C=O) groups excluding carboxylic acids is 2. The second kappa shape index (κ2) is 6.59. The predicted molar refractivity (Wildman–Crippen MR) is 83.3 cm³/mol. The summed E-state index contributed by atoms with van der Waals surface area (Å²) in [5.74, 6) is -1.52. The number of hydrogen-bond acceptors (Lipinski definition) is 5. The number of carboxylic acids is 1. The molecule has 23 heavy (non-hydrogen) atoms. The minimum Gasteiger partial charge on any atom is -0.479 e. The zero-order valence-corrected chi connectivity index (χ0v) is 13.0. The van der Waals surface area contributed by atoms with Crippen molar-refractivity contribution in [3.05, 3.63) is 24.3 Å². The molecule has 0 aliphatic carbocycles. The minimum absolute atomic E-state index is 0.0176. The van der Waals surface area contributed by atoms with Crippen molar-refractivity contribution in [2.75, 3.05) is 25.0 Å². The summed E-state index contributed by atoms with van der Waals surface area (Å²) in [7, 11) is 0. The van der Waals surface area contributed by atoms with Crippen LogP contribution < -0.4 is 5.32 Å². The number of hydrogen-bond donors (Lipinski definition) is 2. The van der Waals surface area contributed by atoms with Crippen molar-refractivity contribution in [2.24, 2.45) is 0 Å². The van der Waals surface area contributed by atoms with Crippen LogP contribution >= 0.6 is 11.8 Å². The first kappa shape index (κ1) is 15.8. The molecule has 8 heteroatoms. The molecule has 1 saturated heterocycles. The van der Waals surface area contributed by atoms with Crippen molar-refractivity contribution >= 4 is 35.2 Å². The second-order valence-corrected chi connectivity index (χ2v) is 6.58. The standard InChI is InChI=1S/C15H16N2O5S/c18-13(17-5-6-22-10(8-17)15(20)21)7-12-14(19)16-9-3-1-2-4-11(9)23-12/h1-4,10,12H,5-8H2,(H,16,19)(H,20,21)/t10-,12-/m1/s1. The van der Waals surface area contributed by atoms with E-state index in [1.54, 1.807) is 0 Å². The first-order valence-electron chi connectivity index (χ1n) is 7.23. The molecule has 2 aliphatic heterocycles. The largest absolute Gasteiger partial charge is 0.479 e. The number of aliphatic carboxylic acids is 1. The number of benzene rings is 1. The smallest absolute Gasteiger partial charge is 0.334 e. The molecule has 0 saturated carbocycles. The fraction of sp³-hybridized carbons (Fsp3) is 0.400. The highest BCUT2D eigenvalue weighted by atomic mass is 32.2. The second-order valence-electron chi connectivity index (χ2n) is 5.33. The van der Waals surface area contributed by atoms with Crippen LogP contribution in [0.5, 0.6) is 0 Å². The van der Waals surface area contributed by atoms with Gasteiger partial charge in [-0.1, -0.05) is 12.1 Å². The molecule has 7 nitrogen and oxygen atoms in total. The highest BCUT2D eigenvalue weighted by molar-refractivity contribution is 8.01. The molecule has 122 valence electrons. The Balaban J connectivity index is 1.64. The van der Waals surface area contributed by atoms with Gasteiger partial charge < -0.3 is 20.1 Å². The quantitative estimate of drug-likeness (QED) is 0.848. The van der Waals surface area contributed by atoms with E-state index >= 15 is 0 Å². The van der Waals surface area contributed by atoms with E-state index in [1.807, 2.05) is 24.3 Å². The summed E-state index contributed by atoms with van der Waals surface area (Å²) in [6, 6.07) is 7.43. The van der Waals surface area contributed by atoms with Crippen molar-refractivity contribution in [1.29, 1.82) is 0 Å². The van der Waals surface area contributed by atoms with Crippen molar-refractivity contribution in [3.63, 3.8) is 0 Å². The number of nitrogens with one attached hydrogen (secondary N) is 1. The van der Waals surface area contributed by atoms with Gasteiger partial charge in [-0.15, -0.1) is 11.8 Å². The normalized spacial score (nSPS) is 23.8. The third-order valence-electron chi connectivity index (χ3n) is 3.76. The van der Waals surface area contributed by atoms with Gasteiger partial charge in [0.05, 0.1) is 24.1 Å². The van der Waals surface area contributed by atoms with E-state index in [9.17, 15) is 14.4 Å². The summed E-state index contributed by atoms with van der Waals surface area (Å²) >= 11 is 1.36. The molecule has 1 aromatic rings. The monoisotopic (exact) mass is 336 g/mol. The van der Waals surface area contributed by atoms with Crippen LogP contribution in [0.15, 0.2) is 29.2 Å². The van der Waals surface area contributed by atoms with Crippen molar-refractivity contribution in [2.45, 2.75) is 22.7 Å². The Labute approximate surface area is 137 Å². The molecule has 2 atom stereocenters. The number of nitrogens with zero attached hydrogens (tertiary/aromatic N) is 1. The maximum atomic E-state index is 12.4. The fourth-order valence-corrected chi connectivity index (χ4v) is 3.64. The number of ether oxygens (including phenoxy) is 1. The molecular weight excluding hydrogens is 320 g/mol. The molecular formula is C15H16N2O5S. The Bertz CT molecular complexity index is 651. The Kier molecular flexibility index (Phi) is 4.53. The maximum absolute atomic E-state index is 12.4. The van der Waals surface area contributed by atoms with Crippen molar-refractivity contribution in [3.8, 4) is 0 Å². The summed E-state index contributed by atoms with van der Waals surface area (Å²) in [6.07, 6.45) is -0.960. The van der Waals surface area contributed by atoms with Gasteiger partial charge in [-0.05, 0) is 12.1 Å². The molecule has 0 radical (unpaired) electrons. The predicted octanol–water partition coefficient (Wildman–Crippen LogP) is 0.801. The summed E-state index contributed by atoms with van der Waals surface area (Å²) < 4.78 is 5.10. The average Bonchev–Trinajstić information content (AvgIpc) is 2.55. The molecule has 2 heterocycles. The third-order valence-corrected chi connectivity index (χ3v) is 5.04. The summed E-state index contributed by atoms with van der Waals surface area (Å²) in [5, 5.41) is 11.3. The molecule has 2 N–H and O–H groups in total. The number of thioether (sulfide) groups is 1. The van der Waals surface area contributed by atoms with Crippen LogP contribution in [0.4, 0.5) is 5.69 Å². The molecule has 0 spiro atoms. The number of morpholine rings is 1. The molecule has 1 fully saturated rings. The molecule has 1 aromatic carbocycles. The molecule has 3 rings (SSSR count). The third kappa shape index (κ3) is 3.48. The first-order valence-corrected chi connectivity index (χ1v) is 8.11. The lowest BCUT2D eigenvalue weighted by molar-refractivity contribution is -0.159. The summed E-state index contributed by atoms with van der Waals surface area (Å²) in [4.78, 5) is 37.9. The molecule has 0 bridgehead atoms. The number of amides is 2. The van der Waals surface area contributed by atoms with Crippen LogP contribution in [0.3, 0.4) is 0 Å². The van der Waals surface area contributed by atoms with Gasteiger partial charge in [0.1, 0.15) is 0 Å². The number of carbonyl (C=O) groups is 3. The zero-order chi connectivity index (χ0) is 16.4. The fourth-order valence-electron chi connectivity index (χ4n) is 2.54. The number of rotatable bonds is 3. The Morgan fingerprint density at radius 3 is 2.96 bits per heavy atom. The SMILES string of the molecule is O=C(O)[C@H]1CN(C(=O)C[C@H]2Sc3ccccc3NC2=O)CCO1.